The van der Waals surface area contributed by atoms with Gasteiger partial charge in [0.15, 0.2) is 5.58 Å². The van der Waals surface area contributed by atoms with Crippen LogP contribution < -0.4 is 11.1 Å². The Morgan fingerprint density at radius 2 is 1.89 bits per heavy atom. The molecule has 3 aromatic rings. The van der Waals surface area contributed by atoms with E-state index in [0.29, 0.717) is 29.3 Å². The number of carbonyl (C=O) groups is 1. The Labute approximate surface area is 167 Å². The lowest BCUT2D eigenvalue weighted by Gasteiger charge is -2.31. The van der Waals surface area contributed by atoms with E-state index < -0.39 is 0 Å². The molecule has 1 N–H and O–H groups in total. The third-order valence-corrected chi connectivity index (χ3v) is 5.47. The zero-order chi connectivity index (χ0) is 19.5. The maximum absolute atomic E-state index is 12.4. The van der Waals surface area contributed by atoms with E-state index in [1.807, 2.05) is 30.3 Å². The molecule has 4 rings (SSSR count). The smallest absolute Gasteiger partial charge is 0.408 e. The molecule has 0 spiro atoms. The Kier molecular flexibility index (Phi) is 5.50. The van der Waals surface area contributed by atoms with Gasteiger partial charge in [-0.2, -0.15) is 0 Å². The third-order valence-electron chi connectivity index (χ3n) is 5.24. The molecule has 1 fully saturated rings. The van der Waals surface area contributed by atoms with Crippen molar-refractivity contribution in [2.45, 2.75) is 26.1 Å². The van der Waals surface area contributed by atoms with E-state index in [-0.39, 0.29) is 17.6 Å². The number of oxazole rings is 1. The summed E-state index contributed by atoms with van der Waals surface area (Å²) in [7, 11) is 0. The van der Waals surface area contributed by atoms with Crippen molar-refractivity contribution in [3.05, 3.63) is 69.7 Å². The summed E-state index contributed by atoms with van der Waals surface area (Å²) in [4.78, 5) is 26.8. The number of amides is 1. The largest absolute Gasteiger partial charge is 0.421 e. The molecular weight excluding hydrogens is 378 g/mol. The van der Waals surface area contributed by atoms with Crippen LogP contribution in [0.1, 0.15) is 18.4 Å². The van der Waals surface area contributed by atoms with Crippen molar-refractivity contribution in [1.29, 1.82) is 0 Å². The van der Waals surface area contributed by atoms with Crippen molar-refractivity contribution in [1.82, 2.24) is 14.8 Å². The lowest BCUT2D eigenvalue weighted by atomic mass is 9.96. The number of rotatable bonds is 5. The molecule has 0 atom stereocenters. The van der Waals surface area contributed by atoms with E-state index in [2.05, 4.69) is 10.2 Å². The van der Waals surface area contributed by atoms with Crippen LogP contribution in [0.3, 0.4) is 0 Å². The average molecular weight is 400 g/mol. The number of benzene rings is 2. The van der Waals surface area contributed by atoms with Gasteiger partial charge in [0.1, 0.15) is 0 Å². The van der Waals surface area contributed by atoms with Gasteiger partial charge in [-0.3, -0.25) is 14.3 Å². The Hall–Kier alpha value is -2.57. The van der Waals surface area contributed by atoms with Crippen LogP contribution in [-0.2, 0) is 18.0 Å². The van der Waals surface area contributed by atoms with E-state index >= 15 is 0 Å². The van der Waals surface area contributed by atoms with E-state index in [0.717, 1.165) is 31.5 Å². The first-order chi connectivity index (χ1) is 13.6. The summed E-state index contributed by atoms with van der Waals surface area (Å²) in [5.41, 5.74) is 2.32. The lowest BCUT2D eigenvalue weighted by molar-refractivity contribution is -0.126. The number of piperidine rings is 1. The summed E-state index contributed by atoms with van der Waals surface area (Å²) >= 11 is 6.06. The quantitative estimate of drug-likeness (QED) is 0.715. The molecule has 2 aromatic carbocycles. The number of halogens is 1. The van der Waals surface area contributed by atoms with E-state index in [4.69, 9.17) is 16.0 Å². The van der Waals surface area contributed by atoms with Crippen molar-refractivity contribution in [3.63, 3.8) is 0 Å². The van der Waals surface area contributed by atoms with Crippen LogP contribution >= 0.6 is 11.6 Å². The fraction of sp³-hybridized carbons (Fsp3) is 0.333. The Morgan fingerprint density at radius 3 is 2.64 bits per heavy atom. The number of likely N-dealkylation sites (tertiary alicyclic amines) is 1. The van der Waals surface area contributed by atoms with Crippen LogP contribution in [0.15, 0.2) is 57.7 Å². The molecule has 2 heterocycles. The highest BCUT2D eigenvalue weighted by Gasteiger charge is 2.25. The molecule has 0 bridgehead atoms. The molecule has 7 heteroatoms. The van der Waals surface area contributed by atoms with Crippen LogP contribution in [0.25, 0.3) is 11.1 Å². The molecular formula is C21H22ClN3O3. The van der Waals surface area contributed by atoms with Crippen molar-refractivity contribution in [2.24, 2.45) is 5.92 Å². The van der Waals surface area contributed by atoms with Crippen molar-refractivity contribution < 1.29 is 9.21 Å². The first-order valence-corrected chi connectivity index (χ1v) is 9.81. The van der Waals surface area contributed by atoms with Crippen molar-refractivity contribution in [2.75, 3.05) is 13.1 Å². The minimum absolute atomic E-state index is 0.00669. The molecule has 0 saturated carbocycles. The van der Waals surface area contributed by atoms with Gasteiger partial charge in [0.25, 0.3) is 0 Å². The second kappa shape index (κ2) is 8.20. The summed E-state index contributed by atoms with van der Waals surface area (Å²) in [6, 6.07) is 15.1. The maximum Gasteiger partial charge on any atom is 0.421 e. The number of carbonyl (C=O) groups excluding carboxylic acids is 1. The minimum Gasteiger partial charge on any atom is -0.408 e. The zero-order valence-corrected chi connectivity index (χ0v) is 16.2. The number of aromatic nitrogens is 1. The average Bonchev–Trinajstić information content (AvgIpc) is 3.02. The topological polar surface area (TPSA) is 67.5 Å². The van der Waals surface area contributed by atoms with Crippen LogP contribution in [-0.4, -0.2) is 28.5 Å². The summed E-state index contributed by atoms with van der Waals surface area (Å²) in [5, 5.41) is 3.59. The Morgan fingerprint density at radius 1 is 1.14 bits per heavy atom. The number of hydrogen-bond acceptors (Lipinski definition) is 4. The first-order valence-electron chi connectivity index (χ1n) is 9.43. The number of nitrogens with one attached hydrogen (secondary N) is 1. The van der Waals surface area contributed by atoms with E-state index in [1.165, 1.54) is 0 Å². The first kappa shape index (κ1) is 18.8. The van der Waals surface area contributed by atoms with Crippen LogP contribution in [0.4, 0.5) is 0 Å². The Bertz CT molecular complexity index is 1020. The normalized spacial score (nSPS) is 15.8. The lowest BCUT2D eigenvalue weighted by Crippen LogP contribution is -2.41. The minimum atomic E-state index is -0.389. The Balaban J connectivity index is 1.33. The molecule has 1 aliphatic rings. The molecule has 1 aliphatic heterocycles. The fourth-order valence-electron chi connectivity index (χ4n) is 3.64. The standard InChI is InChI=1S/C21H22ClN3O3/c22-17-6-7-19-18(12-17)25(21(27)28-19)14-24-10-8-16(9-11-24)20(26)23-13-15-4-2-1-3-5-15/h1-7,12,16H,8-11,13-14H2,(H,23,26). The van der Waals surface area contributed by atoms with Crippen LogP contribution in [0, 0.1) is 5.92 Å². The second-order valence-electron chi connectivity index (χ2n) is 7.15. The van der Waals surface area contributed by atoms with Crippen molar-refractivity contribution >= 4 is 28.6 Å². The van der Waals surface area contributed by atoms with E-state index in [1.54, 1.807) is 22.8 Å². The number of fused-ring (bicyclic) bond motifs is 1. The fourth-order valence-corrected chi connectivity index (χ4v) is 3.80. The van der Waals surface area contributed by atoms with Gasteiger partial charge < -0.3 is 9.73 Å². The molecule has 1 amide bonds. The molecule has 6 nitrogen and oxygen atoms in total. The van der Waals surface area contributed by atoms with Gasteiger partial charge in [-0.1, -0.05) is 41.9 Å². The molecule has 0 aliphatic carbocycles. The predicted molar refractivity (Wildman–Crippen MR) is 108 cm³/mol. The summed E-state index contributed by atoms with van der Waals surface area (Å²) in [6.45, 7) is 2.49. The molecule has 0 unspecified atom stereocenters. The number of hydrogen-bond donors (Lipinski definition) is 1. The van der Waals surface area contributed by atoms with Crippen molar-refractivity contribution in [3.8, 4) is 0 Å². The third kappa shape index (κ3) is 4.13. The summed E-state index contributed by atoms with van der Waals surface area (Å²) in [6.07, 6.45) is 1.54. The predicted octanol–water partition coefficient (Wildman–Crippen LogP) is 3.23. The van der Waals surface area contributed by atoms with Crippen LogP contribution in [0.2, 0.25) is 5.02 Å². The van der Waals surface area contributed by atoms with Gasteiger partial charge in [0.05, 0.1) is 12.2 Å². The van der Waals surface area contributed by atoms with Gasteiger partial charge in [-0.15, -0.1) is 0 Å². The van der Waals surface area contributed by atoms with Gasteiger partial charge in [-0.25, -0.2) is 4.79 Å². The van der Waals surface area contributed by atoms with Gasteiger partial charge >= 0.3 is 5.76 Å². The van der Waals surface area contributed by atoms with Gasteiger partial charge in [-0.05, 0) is 36.6 Å². The second-order valence-corrected chi connectivity index (χ2v) is 7.58. The van der Waals surface area contributed by atoms with Crippen LogP contribution in [0.5, 0.6) is 0 Å². The molecule has 1 saturated heterocycles. The monoisotopic (exact) mass is 399 g/mol. The highest BCUT2D eigenvalue weighted by Crippen LogP contribution is 2.21. The highest BCUT2D eigenvalue weighted by atomic mass is 35.5. The number of nitrogens with zero attached hydrogens (tertiary/aromatic N) is 2. The van der Waals surface area contributed by atoms with Gasteiger partial charge in [0.2, 0.25) is 5.91 Å². The maximum atomic E-state index is 12.4. The molecule has 0 radical (unpaired) electrons. The highest BCUT2D eigenvalue weighted by molar-refractivity contribution is 6.31. The molecule has 146 valence electrons. The zero-order valence-electron chi connectivity index (χ0n) is 15.4. The molecule has 28 heavy (non-hydrogen) atoms. The summed E-state index contributed by atoms with van der Waals surface area (Å²) < 4.78 is 6.88. The van der Waals surface area contributed by atoms with Gasteiger partial charge in [0, 0.05) is 30.6 Å². The SMILES string of the molecule is O=C(NCc1ccccc1)C1CCN(Cn2c(=O)oc3ccc(Cl)cc32)CC1. The summed E-state index contributed by atoms with van der Waals surface area (Å²) in [5.74, 6) is -0.284. The van der Waals surface area contributed by atoms with E-state index in [9.17, 15) is 9.59 Å². The molecule has 1 aromatic heterocycles.